The summed E-state index contributed by atoms with van der Waals surface area (Å²) in [6.07, 6.45) is 9.72. The van der Waals surface area contributed by atoms with Crippen molar-refractivity contribution in [3.63, 3.8) is 0 Å². The molecule has 0 aliphatic heterocycles. The maximum atomic E-state index is 4.73. The quantitative estimate of drug-likeness (QED) is 0.455. The number of aromatic nitrogens is 8. The van der Waals surface area contributed by atoms with E-state index in [1.54, 1.807) is 12.4 Å². The minimum absolute atomic E-state index is 0.537. The van der Waals surface area contributed by atoms with Gasteiger partial charge in [0.05, 0.1) is 35.8 Å². The lowest BCUT2D eigenvalue weighted by atomic mass is 10.1. The molecule has 4 heterocycles. The first-order valence-corrected chi connectivity index (χ1v) is 8.79. The van der Waals surface area contributed by atoms with Crippen molar-refractivity contribution in [2.45, 2.75) is 18.9 Å². The van der Waals surface area contributed by atoms with E-state index in [0.29, 0.717) is 17.7 Å². The Hall–Kier alpha value is -3.75. The van der Waals surface area contributed by atoms with Gasteiger partial charge in [0.2, 0.25) is 0 Å². The van der Waals surface area contributed by atoms with Gasteiger partial charge in [-0.3, -0.25) is 14.9 Å². The van der Waals surface area contributed by atoms with Crippen LogP contribution in [-0.2, 0) is 0 Å². The molecule has 1 aliphatic carbocycles. The second-order valence-electron chi connectivity index (χ2n) is 6.76. The highest BCUT2D eigenvalue weighted by Gasteiger charge is 2.24. The molecule has 1 aromatic carbocycles. The molecule has 27 heavy (non-hydrogen) atoms. The van der Waals surface area contributed by atoms with Crippen LogP contribution in [0.1, 0.15) is 18.9 Å². The van der Waals surface area contributed by atoms with Gasteiger partial charge in [0.15, 0.2) is 11.6 Å². The van der Waals surface area contributed by atoms with E-state index in [-0.39, 0.29) is 0 Å². The van der Waals surface area contributed by atoms with Crippen LogP contribution in [0.3, 0.4) is 0 Å². The molecule has 0 bridgehead atoms. The summed E-state index contributed by atoms with van der Waals surface area (Å²) in [7, 11) is 0. The predicted molar refractivity (Wildman–Crippen MR) is 101 cm³/mol. The number of aromatic amines is 2. The van der Waals surface area contributed by atoms with Gasteiger partial charge in [0, 0.05) is 17.1 Å². The van der Waals surface area contributed by atoms with Crippen molar-refractivity contribution in [2.24, 2.45) is 0 Å². The van der Waals surface area contributed by atoms with Crippen LogP contribution in [0.15, 0.2) is 43.0 Å². The molecule has 0 unspecified atom stereocenters. The Bertz CT molecular complexity index is 1270. The Morgan fingerprint density at radius 3 is 2.89 bits per heavy atom. The minimum Gasteiger partial charge on any atom is -0.336 e. The van der Waals surface area contributed by atoms with Crippen molar-refractivity contribution >= 4 is 33.4 Å². The standard InChI is InChI=1S/C18H15N9/c1-2-11-6-19-25-14(11)5-10(1)17-23-15-8-20-26-16(15)18(24-17)22-12-7-21-27(9-12)13-3-4-13/h1-2,5-9,13H,3-4H2,(H,19,25)(H,20,26)(H,22,23,24). The fraction of sp³-hybridized carbons (Fsp3) is 0.167. The lowest BCUT2D eigenvalue weighted by molar-refractivity contribution is 0.642. The number of nitrogens with zero attached hydrogens (tertiary/aromatic N) is 6. The van der Waals surface area contributed by atoms with E-state index in [9.17, 15) is 0 Å². The molecule has 0 spiro atoms. The topological polar surface area (TPSA) is 113 Å². The summed E-state index contributed by atoms with van der Waals surface area (Å²) in [4.78, 5) is 9.38. The molecule has 9 nitrogen and oxygen atoms in total. The summed E-state index contributed by atoms with van der Waals surface area (Å²) in [6.45, 7) is 0. The van der Waals surface area contributed by atoms with E-state index in [1.165, 1.54) is 12.8 Å². The van der Waals surface area contributed by atoms with Gasteiger partial charge in [-0.05, 0) is 18.9 Å². The van der Waals surface area contributed by atoms with Gasteiger partial charge in [-0.1, -0.05) is 12.1 Å². The third kappa shape index (κ3) is 2.43. The molecule has 132 valence electrons. The molecule has 0 amide bonds. The van der Waals surface area contributed by atoms with Crippen LogP contribution in [0, 0.1) is 0 Å². The zero-order chi connectivity index (χ0) is 17.8. The van der Waals surface area contributed by atoms with Crippen LogP contribution < -0.4 is 5.32 Å². The molecule has 9 heteroatoms. The lowest BCUT2D eigenvalue weighted by Crippen LogP contribution is -1.98. The van der Waals surface area contributed by atoms with Crippen molar-refractivity contribution in [2.75, 3.05) is 5.32 Å². The van der Waals surface area contributed by atoms with Crippen molar-refractivity contribution in [1.29, 1.82) is 0 Å². The van der Waals surface area contributed by atoms with E-state index >= 15 is 0 Å². The maximum Gasteiger partial charge on any atom is 0.162 e. The van der Waals surface area contributed by atoms with Crippen molar-refractivity contribution < 1.29 is 0 Å². The number of hydrogen-bond donors (Lipinski definition) is 3. The van der Waals surface area contributed by atoms with Gasteiger partial charge in [0.1, 0.15) is 11.0 Å². The van der Waals surface area contributed by atoms with Gasteiger partial charge in [0.25, 0.3) is 0 Å². The Morgan fingerprint density at radius 1 is 1.04 bits per heavy atom. The van der Waals surface area contributed by atoms with Gasteiger partial charge in [-0.15, -0.1) is 0 Å². The third-order valence-electron chi connectivity index (χ3n) is 4.79. The monoisotopic (exact) mass is 357 g/mol. The highest BCUT2D eigenvalue weighted by Crippen LogP contribution is 2.35. The summed E-state index contributed by atoms with van der Waals surface area (Å²) in [6, 6.07) is 6.53. The number of H-pyrrole nitrogens is 2. The number of rotatable bonds is 4. The SMILES string of the molecule is c1nn(C2CC2)cc1Nc1nc(-c2ccc3cn[nH]c3c2)nc2cn[nH]c12. The molecule has 0 radical (unpaired) electrons. The number of hydrogen-bond acceptors (Lipinski definition) is 6. The molecule has 5 aromatic rings. The molecular formula is C18H15N9. The summed E-state index contributed by atoms with van der Waals surface area (Å²) < 4.78 is 2.00. The highest BCUT2D eigenvalue weighted by atomic mass is 15.3. The first-order chi connectivity index (χ1) is 13.3. The average molecular weight is 357 g/mol. The molecule has 0 atom stereocenters. The summed E-state index contributed by atoms with van der Waals surface area (Å²) in [5, 5.41) is 23.0. The number of benzene rings is 1. The van der Waals surface area contributed by atoms with Gasteiger partial charge in [-0.25, -0.2) is 9.97 Å². The lowest BCUT2D eigenvalue weighted by Gasteiger charge is -2.07. The Balaban J connectivity index is 1.44. The second-order valence-corrected chi connectivity index (χ2v) is 6.76. The summed E-state index contributed by atoms with van der Waals surface area (Å²) in [5.74, 6) is 1.30. The molecule has 1 fully saturated rings. The van der Waals surface area contributed by atoms with Crippen molar-refractivity contribution in [3.8, 4) is 11.4 Å². The van der Waals surface area contributed by atoms with E-state index in [4.69, 9.17) is 4.98 Å². The van der Waals surface area contributed by atoms with E-state index < -0.39 is 0 Å². The van der Waals surface area contributed by atoms with Crippen LogP contribution in [-0.4, -0.2) is 40.1 Å². The third-order valence-corrected chi connectivity index (χ3v) is 4.79. The zero-order valence-electron chi connectivity index (χ0n) is 14.2. The summed E-state index contributed by atoms with van der Waals surface area (Å²) in [5.41, 5.74) is 4.27. The van der Waals surface area contributed by atoms with Crippen LogP contribution in [0.2, 0.25) is 0 Å². The fourth-order valence-corrected chi connectivity index (χ4v) is 3.21. The predicted octanol–water partition coefficient (Wildman–Crippen LogP) is 3.17. The Morgan fingerprint density at radius 2 is 1.96 bits per heavy atom. The van der Waals surface area contributed by atoms with Crippen LogP contribution in [0.5, 0.6) is 0 Å². The molecule has 1 aliphatic rings. The van der Waals surface area contributed by atoms with Gasteiger partial charge >= 0.3 is 0 Å². The van der Waals surface area contributed by atoms with Crippen molar-refractivity contribution in [1.82, 2.24) is 40.1 Å². The van der Waals surface area contributed by atoms with E-state index in [1.807, 2.05) is 35.3 Å². The number of anilines is 2. The highest BCUT2D eigenvalue weighted by molar-refractivity contribution is 5.89. The van der Waals surface area contributed by atoms with Crippen molar-refractivity contribution in [3.05, 3.63) is 43.0 Å². The molecule has 0 saturated heterocycles. The molecule has 4 aromatic heterocycles. The first-order valence-electron chi connectivity index (χ1n) is 8.79. The van der Waals surface area contributed by atoms with Gasteiger partial charge in [-0.2, -0.15) is 15.3 Å². The largest absolute Gasteiger partial charge is 0.336 e. The second kappa shape index (κ2) is 5.37. The number of nitrogens with one attached hydrogen (secondary N) is 3. The molecule has 3 N–H and O–H groups in total. The minimum atomic E-state index is 0.537. The normalized spacial score (nSPS) is 14.2. The first kappa shape index (κ1) is 14.4. The maximum absolute atomic E-state index is 4.73. The molecule has 6 rings (SSSR count). The summed E-state index contributed by atoms with van der Waals surface area (Å²) >= 11 is 0. The zero-order valence-corrected chi connectivity index (χ0v) is 14.2. The van der Waals surface area contributed by atoms with E-state index in [2.05, 4.69) is 35.8 Å². The molecule has 1 saturated carbocycles. The number of fused-ring (bicyclic) bond motifs is 2. The van der Waals surface area contributed by atoms with Gasteiger partial charge < -0.3 is 5.32 Å². The average Bonchev–Trinajstić information content (AvgIpc) is 3.10. The fourth-order valence-electron chi connectivity index (χ4n) is 3.21. The molecular weight excluding hydrogens is 342 g/mol. The Labute approximate surface area is 152 Å². The van der Waals surface area contributed by atoms with E-state index in [0.717, 1.165) is 33.2 Å². The van der Waals surface area contributed by atoms with Crippen LogP contribution in [0.25, 0.3) is 33.3 Å². The smallest absolute Gasteiger partial charge is 0.162 e. The van der Waals surface area contributed by atoms with Crippen LogP contribution in [0.4, 0.5) is 11.5 Å². The van der Waals surface area contributed by atoms with Crippen LogP contribution >= 0.6 is 0 Å². The Kier molecular flexibility index (Phi) is 2.87.